The first kappa shape index (κ1) is 19.6. The van der Waals surface area contributed by atoms with Gasteiger partial charge in [-0.1, -0.05) is 34.5 Å². The number of nitrogens with zero attached hydrogens (tertiary/aromatic N) is 2. The zero-order valence-corrected chi connectivity index (χ0v) is 17.1. The van der Waals surface area contributed by atoms with E-state index in [4.69, 9.17) is 4.52 Å². The predicted molar refractivity (Wildman–Crippen MR) is 115 cm³/mol. The average molecular weight is 402 g/mol. The molecule has 152 valence electrons. The minimum atomic E-state index is -0.286. The van der Waals surface area contributed by atoms with Crippen molar-refractivity contribution in [1.82, 2.24) is 15.1 Å². The van der Waals surface area contributed by atoms with Crippen LogP contribution in [0.4, 0.5) is 5.69 Å². The molecule has 0 aliphatic heterocycles. The Bertz CT molecular complexity index is 1300. The van der Waals surface area contributed by atoms with Crippen molar-refractivity contribution in [2.75, 3.05) is 5.32 Å². The van der Waals surface area contributed by atoms with Crippen molar-refractivity contribution in [2.45, 2.75) is 33.6 Å². The summed E-state index contributed by atoms with van der Waals surface area (Å²) < 4.78 is 5.26. The number of anilines is 1. The number of pyridine rings is 1. The van der Waals surface area contributed by atoms with E-state index in [-0.39, 0.29) is 30.1 Å². The number of aromatic amines is 1. The highest BCUT2D eigenvalue weighted by Gasteiger charge is 2.15. The van der Waals surface area contributed by atoms with Gasteiger partial charge < -0.3 is 14.8 Å². The molecule has 0 aliphatic carbocycles. The number of benzene rings is 2. The lowest BCUT2D eigenvalue weighted by molar-refractivity contribution is -0.116. The SMILES string of the molecule is Cc1ccc(NC(=O)CCc2nc(-c3cc4cc(C)ccc4[nH]c3=O)no2)c(C)c1. The van der Waals surface area contributed by atoms with Crippen molar-refractivity contribution >= 4 is 22.5 Å². The molecule has 7 heteroatoms. The van der Waals surface area contributed by atoms with Gasteiger partial charge in [-0.05, 0) is 56.0 Å². The van der Waals surface area contributed by atoms with Crippen molar-refractivity contribution < 1.29 is 9.32 Å². The van der Waals surface area contributed by atoms with E-state index in [2.05, 4.69) is 20.4 Å². The first-order chi connectivity index (χ1) is 14.4. The molecule has 0 unspecified atom stereocenters. The van der Waals surface area contributed by atoms with Crippen molar-refractivity contribution in [3.05, 3.63) is 75.4 Å². The summed E-state index contributed by atoms with van der Waals surface area (Å²) in [6, 6.07) is 13.4. The number of aryl methyl sites for hydroxylation is 4. The van der Waals surface area contributed by atoms with Crippen molar-refractivity contribution in [3.8, 4) is 11.4 Å². The minimum Gasteiger partial charge on any atom is -0.339 e. The van der Waals surface area contributed by atoms with E-state index in [9.17, 15) is 9.59 Å². The minimum absolute atomic E-state index is 0.138. The molecule has 7 nitrogen and oxygen atoms in total. The van der Waals surface area contributed by atoms with Crippen LogP contribution in [0.15, 0.2) is 51.8 Å². The molecule has 30 heavy (non-hydrogen) atoms. The first-order valence-corrected chi connectivity index (χ1v) is 9.73. The molecule has 0 aliphatic rings. The Kier molecular flexibility index (Phi) is 5.18. The van der Waals surface area contributed by atoms with Gasteiger partial charge in [-0.2, -0.15) is 4.98 Å². The summed E-state index contributed by atoms with van der Waals surface area (Å²) in [5.74, 6) is 0.384. The van der Waals surface area contributed by atoms with E-state index in [0.717, 1.165) is 33.3 Å². The smallest absolute Gasteiger partial charge is 0.259 e. The molecule has 0 saturated heterocycles. The van der Waals surface area contributed by atoms with Crippen molar-refractivity contribution in [1.29, 1.82) is 0 Å². The summed E-state index contributed by atoms with van der Waals surface area (Å²) >= 11 is 0. The van der Waals surface area contributed by atoms with Gasteiger partial charge in [-0.25, -0.2) is 0 Å². The van der Waals surface area contributed by atoms with Gasteiger partial charge in [0.1, 0.15) is 0 Å². The van der Waals surface area contributed by atoms with Crippen LogP contribution in [0.3, 0.4) is 0 Å². The average Bonchev–Trinajstić information content (AvgIpc) is 3.17. The number of hydrogen-bond donors (Lipinski definition) is 2. The molecule has 1 amide bonds. The van der Waals surface area contributed by atoms with Gasteiger partial charge in [0.15, 0.2) is 0 Å². The third-order valence-corrected chi connectivity index (χ3v) is 4.93. The second kappa shape index (κ2) is 7.94. The number of hydrogen-bond acceptors (Lipinski definition) is 5. The molecule has 0 saturated carbocycles. The highest BCUT2D eigenvalue weighted by Crippen LogP contribution is 2.19. The molecule has 2 aromatic carbocycles. The Hall–Kier alpha value is -3.74. The summed E-state index contributed by atoms with van der Waals surface area (Å²) in [6.07, 6.45) is 0.483. The summed E-state index contributed by atoms with van der Waals surface area (Å²) in [5, 5.41) is 7.71. The molecule has 2 aromatic heterocycles. The number of aromatic nitrogens is 3. The fourth-order valence-corrected chi connectivity index (χ4v) is 3.35. The third-order valence-electron chi connectivity index (χ3n) is 4.93. The van der Waals surface area contributed by atoms with Gasteiger partial charge in [-0.3, -0.25) is 9.59 Å². The van der Waals surface area contributed by atoms with E-state index >= 15 is 0 Å². The Labute approximate surface area is 173 Å². The number of H-pyrrole nitrogens is 1. The molecule has 2 heterocycles. The normalized spacial score (nSPS) is 11.0. The molecule has 4 aromatic rings. The second-order valence-corrected chi connectivity index (χ2v) is 7.48. The largest absolute Gasteiger partial charge is 0.339 e. The van der Waals surface area contributed by atoms with Crippen LogP contribution >= 0.6 is 0 Å². The molecule has 2 N–H and O–H groups in total. The highest BCUT2D eigenvalue weighted by molar-refractivity contribution is 5.91. The van der Waals surface area contributed by atoms with Crippen LogP contribution in [-0.4, -0.2) is 21.0 Å². The van der Waals surface area contributed by atoms with E-state index < -0.39 is 0 Å². The Morgan fingerprint density at radius 3 is 2.63 bits per heavy atom. The number of fused-ring (bicyclic) bond motifs is 1. The zero-order chi connectivity index (χ0) is 21.3. The summed E-state index contributed by atoms with van der Waals surface area (Å²) in [4.78, 5) is 31.8. The number of carbonyl (C=O) groups excluding carboxylic acids is 1. The van der Waals surface area contributed by atoms with Gasteiger partial charge >= 0.3 is 0 Å². The van der Waals surface area contributed by atoms with Crippen molar-refractivity contribution in [2.24, 2.45) is 0 Å². The summed E-state index contributed by atoms with van der Waals surface area (Å²) in [7, 11) is 0. The van der Waals surface area contributed by atoms with Crippen LogP contribution in [0, 0.1) is 20.8 Å². The quantitative estimate of drug-likeness (QED) is 0.524. The topological polar surface area (TPSA) is 101 Å². The van der Waals surface area contributed by atoms with E-state index in [1.165, 1.54) is 0 Å². The van der Waals surface area contributed by atoms with Crippen LogP contribution in [0.5, 0.6) is 0 Å². The first-order valence-electron chi connectivity index (χ1n) is 9.73. The van der Waals surface area contributed by atoms with Gasteiger partial charge in [0.25, 0.3) is 5.56 Å². The lowest BCUT2D eigenvalue weighted by Gasteiger charge is -2.08. The van der Waals surface area contributed by atoms with Crippen LogP contribution in [0.25, 0.3) is 22.3 Å². The van der Waals surface area contributed by atoms with Crippen molar-refractivity contribution in [3.63, 3.8) is 0 Å². The van der Waals surface area contributed by atoms with Crippen LogP contribution in [0.2, 0.25) is 0 Å². The maximum atomic E-state index is 12.4. The molecule has 0 radical (unpaired) electrons. The lowest BCUT2D eigenvalue weighted by atomic mass is 10.1. The van der Waals surface area contributed by atoms with E-state index in [0.29, 0.717) is 11.5 Å². The Morgan fingerprint density at radius 1 is 1.07 bits per heavy atom. The van der Waals surface area contributed by atoms with Crippen LogP contribution < -0.4 is 10.9 Å². The molecule has 0 atom stereocenters. The van der Waals surface area contributed by atoms with Crippen LogP contribution in [0.1, 0.15) is 29.0 Å². The lowest BCUT2D eigenvalue weighted by Crippen LogP contribution is -2.13. The number of nitrogens with one attached hydrogen (secondary N) is 2. The molecule has 0 spiro atoms. The Balaban J connectivity index is 1.47. The fraction of sp³-hybridized carbons (Fsp3) is 0.217. The third kappa shape index (κ3) is 4.15. The standard InChI is InChI=1S/C23H22N4O3/c1-13-4-6-18(15(3)10-13)24-20(28)8-9-21-26-22(27-30-21)17-12-16-11-14(2)5-7-19(16)25-23(17)29/h4-7,10-12H,8-9H2,1-3H3,(H,24,28)(H,25,29). The second-order valence-electron chi connectivity index (χ2n) is 7.48. The number of amides is 1. The monoisotopic (exact) mass is 402 g/mol. The maximum absolute atomic E-state index is 12.4. The Morgan fingerprint density at radius 2 is 1.83 bits per heavy atom. The number of rotatable bonds is 5. The molecular weight excluding hydrogens is 380 g/mol. The van der Waals surface area contributed by atoms with Gasteiger partial charge in [0, 0.05) is 24.0 Å². The van der Waals surface area contributed by atoms with Gasteiger partial charge in [-0.15, -0.1) is 0 Å². The predicted octanol–water partition coefficient (Wildman–Crippen LogP) is 4.07. The van der Waals surface area contributed by atoms with Crippen LogP contribution in [-0.2, 0) is 11.2 Å². The van der Waals surface area contributed by atoms with Gasteiger partial charge in [0.2, 0.25) is 17.6 Å². The summed E-state index contributed by atoms with van der Waals surface area (Å²) in [6.45, 7) is 5.95. The van der Waals surface area contributed by atoms with E-state index in [1.807, 2.05) is 57.2 Å². The zero-order valence-electron chi connectivity index (χ0n) is 17.1. The molecule has 4 rings (SSSR count). The maximum Gasteiger partial charge on any atom is 0.259 e. The van der Waals surface area contributed by atoms with E-state index in [1.54, 1.807) is 6.07 Å². The molecule has 0 bridgehead atoms. The fourth-order valence-electron chi connectivity index (χ4n) is 3.35. The van der Waals surface area contributed by atoms with Gasteiger partial charge in [0.05, 0.1) is 5.56 Å². The highest BCUT2D eigenvalue weighted by atomic mass is 16.5. The summed E-state index contributed by atoms with van der Waals surface area (Å²) in [5.41, 5.74) is 4.83. The molecule has 0 fully saturated rings. The molecular formula is C23H22N4O3. The number of carbonyl (C=O) groups is 1.